The van der Waals surface area contributed by atoms with Gasteiger partial charge in [-0.25, -0.2) is 4.79 Å². The Balaban J connectivity index is 1.85. The van der Waals surface area contributed by atoms with Gasteiger partial charge in [0.1, 0.15) is 0 Å². The summed E-state index contributed by atoms with van der Waals surface area (Å²) in [6.45, 7) is 2.58. The van der Waals surface area contributed by atoms with Gasteiger partial charge in [-0.2, -0.15) is 0 Å². The van der Waals surface area contributed by atoms with Crippen LogP contribution >= 0.6 is 0 Å². The van der Waals surface area contributed by atoms with Gasteiger partial charge in [-0.1, -0.05) is 5.16 Å². The van der Waals surface area contributed by atoms with Crippen molar-refractivity contribution in [2.45, 2.75) is 6.10 Å². The molecule has 0 spiro atoms. The summed E-state index contributed by atoms with van der Waals surface area (Å²) in [5.41, 5.74) is -0.0541. The smallest absolute Gasteiger partial charge is 0.374 e. The molecule has 2 rings (SSSR count). The predicted octanol–water partition coefficient (Wildman–Crippen LogP) is -0.567. The molecule has 1 atom stereocenters. The van der Waals surface area contributed by atoms with Crippen molar-refractivity contribution >= 4 is 11.9 Å². The minimum absolute atomic E-state index is 0.0541. The maximum absolute atomic E-state index is 11.7. The molecule has 1 aliphatic heterocycles. The van der Waals surface area contributed by atoms with Crippen LogP contribution in [0.2, 0.25) is 0 Å². The van der Waals surface area contributed by atoms with E-state index < -0.39 is 11.9 Å². The Morgan fingerprint density at radius 3 is 3.05 bits per heavy atom. The number of carbonyl (C=O) groups is 2. The van der Waals surface area contributed by atoms with E-state index in [0.717, 1.165) is 19.2 Å². The first-order valence-corrected chi connectivity index (χ1v) is 5.84. The summed E-state index contributed by atoms with van der Waals surface area (Å²) in [5.74, 6) is -2.10. The van der Waals surface area contributed by atoms with Crippen LogP contribution in [0.5, 0.6) is 0 Å². The van der Waals surface area contributed by atoms with Crippen molar-refractivity contribution in [2.75, 3.05) is 33.3 Å². The standard InChI is InChI=1S/C11H15N3O5/c1-14-2-3-18-7(6-14)5-12-10(15)8-4-9(11(16)17)19-13-8/h4,7H,2-3,5-6H2,1H3,(H,12,15)(H,16,17). The average molecular weight is 269 g/mol. The summed E-state index contributed by atoms with van der Waals surface area (Å²) in [7, 11) is 1.98. The van der Waals surface area contributed by atoms with E-state index in [1.807, 2.05) is 7.05 Å². The van der Waals surface area contributed by atoms with E-state index in [4.69, 9.17) is 9.84 Å². The molecule has 104 valence electrons. The molecule has 1 aromatic heterocycles. The van der Waals surface area contributed by atoms with Gasteiger partial charge in [0.25, 0.3) is 5.91 Å². The van der Waals surface area contributed by atoms with Gasteiger partial charge >= 0.3 is 5.97 Å². The highest BCUT2D eigenvalue weighted by atomic mass is 16.5. The average Bonchev–Trinajstić information content (AvgIpc) is 2.86. The van der Waals surface area contributed by atoms with Gasteiger partial charge in [-0.05, 0) is 7.05 Å². The lowest BCUT2D eigenvalue weighted by atomic mass is 10.2. The number of amides is 1. The molecule has 0 bridgehead atoms. The molecule has 8 nitrogen and oxygen atoms in total. The van der Waals surface area contributed by atoms with Crippen LogP contribution in [0, 0.1) is 0 Å². The van der Waals surface area contributed by atoms with Gasteiger partial charge in [0.05, 0.1) is 12.7 Å². The van der Waals surface area contributed by atoms with Gasteiger partial charge in [-0.15, -0.1) is 0 Å². The second kappa shape index (κ2) is 5.81. The molecular weight excluding hydrogens is 254 g/mol. The third kappa shape index (κ3) is 3.52. The summed E-state index contributed by atoms with van der Waals surface area (Å²) >= 11 is 0. The second-order valence-electron chi connectivity index (χ2n) is 4.35. The Morgan fingerprint density at radius 2 is 2.42 bits per heavy atom. The molecule has 2 heterocycles. The molecule has 1 unspecified atom stereocenters. The van der Waals surface area contributed by atoms with E-state index in [-0.39, 0.29) is 17.6 Å². The van der Waals surface area contributed by atoms with Crippen molar-refractivity contribution in [3.63, 3.8) is 0 Å². The molecule has 0 aliphatic carbocycles. The molecule has 1 aromatic rings. The summed E-state index contributed by atoms with van der Waals surface area (Å²) in [6, 6.07) is 1.09. The van der Waals surface area contributed by atoms with Crippen molar-refractivity contribution in [1.82, 2.24) is 15.4 Å². The first-order chi connectivity index (χ1) is 9.06. The van der Waals surface area contributed by atoms with Gasteiger partial charge in [0.15, 0.2) is 5.69 Å². The SMILES string of the molecule is CN1CCOC(CNC(=O)c2cc(C(=O)O)on2)C1. The third-order valence-corrected chi connectivity index (χ3v) is 2.79. The number of carboxylic acids is 1. The monoisotopic (exact) mass is 269 g/mol. The molecule has 1 saturated heterocycles. The number of carboxylic acid groups (broad SMARTS) is 1. The highest BCUT2D eigenvalue weighted by Crippen LogP contribution is 2.05. The molecule has 8 heteroatoms. The fourth-order valence-corrected chi connectivity index (χ4v) is 1.77. The number of aromatic carboxylic acids is 1. The van der Waals surface area contributed by atoms with Crippen molar-refractivity contribution in [3.05, 3.63) is 17.5 Å². The van der Waals surface area contributed by atoms with Crippen molar-refractivity contribution in [2.24, 2.45) is 0 Å². The zero-order chi connectivity index (χ0) is 13.8. The zero-order valence-corrected chi connectivity index (χ0v) is 10.5. The summed E-state index contributed by atoms with van der Waals surface area (Å²) in [5, 5.41) is 14.7. The van der Waals surface area contributed by atoms with Crippen molar-refractivity contribution in [1.29, 1.82) is 0 Å². The highest BCUT2D eigenvalue weighted by molar-refractivity contribution is 5.94. The Kier molecular flexibility index (Phi) is 4.13. The Hall–Kier alpha value is -1.93. The fourth-order valence-electron chi connectivity index (χ4n) is 1.77. The van der Waals surface area contributed by atoms with Gasteiger partial charge in [0.2, 0.25) is 5.76 Å². The normalized spacial score (nSPS) is 20.2. The van der Waals surface area contributed by atoms with E-state index in [0.29, 0.717) is 13.2 Å². The van der Waals surface area contributed by atoms with Crippen LogP contribution in [0.1, 0.15) is 21.0 Å². The van der Waals surface area contributed by atoms with Crippen LogP contribution in [0.4, 0.5) is 0 Å². The van der Waals surface area contributed by atoms with E-state index in [9.17, 15) is 9.59 Å². The number of hydrogen-bond acceptors (Lipinski definition) is 6. The molecule has 1 amide bonds. The lowest BCUT2D eigenvalue weighted by Crippen LogP contribution is -2.45. The minimum Gasteiger partial charge on any atom is -0.475 e. The number of likely N-dealkylation sites (N-methyl/N-ethyl adjacent to an activating group) is 1. The molecular formula is C11H15N3O5. The van der Waals surface area contributed by atoms with E-state index >= 15 is 0 Å². The first-order valence-electron chi connectivity index (χ1n) is 5.84. The van der Waals surface area contributed by atoms with Gasteiger partial charge in [0, 0.05) is 25.7 Å². The molecule has 0 radical (unpaired) electrons. The number of carbonyl (C=O) groups excluding carboxylic acids is 1. The van der Waals surface area contributed by atoms with E-state index in [1.54, 1.807) is 0 Å². The number of nitrogens with one attached hydrogen (secondary N) is 1. The lowest BCUT2D eigenvalue weighted by Gasteiger charge is -2.29. The number of rotatable bonds is 4. The van der Waals surface area contributed by atoms with Crippen molar-refractivity contribution < 1.29 is 24.0 Å². The van der Waals surface area contributed by atoms with Crippen LogP contribution < -0.4 is 5.32 Å². The summed E-state index contributed by atoms with van der Waals surface area (Å²) in [6.07, 6.45) is -0.0754. The first kappa shape index (κ1) is 13.5. The molecule has 1 aliphatic rings. The maximum Gasteiger partial charge on any atom is 0.374 e. The third-order valence-electron chi connectivity index (χ3n) is 2.79. The number of aromatic nitrogens is 1. The summed E-state index contributed by atoms with van der Waals surface area (Å²) < 4.78 is 9.99. The van der Waals surface area contributed by atoms with Gasteiger partial charge in [-0.3, -0.25) is 4.79 Å². The number of hydrogen-bond donors (Lipinski definition) is 2. The molecule has 0 saturated carbocycles. The largest absolute Gasteiger partial charge is 0.475 e. The van der Waals surface area contributed by atoms with E-state index in [1.165, 1.54) is 0 Å². The van der Waals surface area contributed by atoms with Crippen LogP contribution in [0.3, 0.4) is 0 Å². The summed E-state index contributed by atoms with van der Waals surface area (Å²) in [4.78, 5) is 24.4. The van der Waals surface area contributed by atoms with Crippen LogP contribution in [0.15, 0.2) is 10.6 Å². The number of nitrogens with zero attached hydrogens (tertiary/aromatic N) is 2. The topological polar surface area (TPSA) is 105 Å². The Bertz CT molecular complexity index is 473. The van der Waals surface area contributed by atoms with Crippen LogP contribution in [-0.2, 0) is 4.74 Å². The number of ether oxygens (including phenoxy) is 1. The molecule has 2 N–H and O–H groups in total. The maximum atomic E-state index is 11.7. The fraction of sp³-hybridized carbons (Fsp3) is 0.545. The quantitative estimate of drug-likeness (QED) is 0.754. The highest BCUT2D eigenvalue weighted by Gasteiger charge is 2.20. The van der Waals surface area contributed by atoms with E-state index in [2.05, 4.69) is 19.9 Å². The van der Waals surface area contributed by atoms with Crippen LogP contribution in [0.25, 0.3) is 0 Å². The van der Waals surface area contributed by atoms with Gasteiger partial charge < -0.3 is 24.6 Å². The molecule has 19 heavy (non-hydrogen) atoms. The van der Waals surface area contributed by atoms with Crippen LogP contribution in [-0.4, -0.2) is 66.4 Å². The predicted molar refractivity (Wildman–Crippen MR) is 63.0 cm³/mol. The molecule has 1 fully saturated rings. The molecule has 0 aromatic carbocycles. The zero-order valence-electron chi connectivity index (χ0n) is 10.5. The lowest BCUT2D eigenvalue weighted by molar-refractivity contribution is -0.0175. The minimum atomic E-state index is -1.26. The Labute approximate surface area is 109 Å². The van der Waals surface area contributed by atoms with Crippen molar-refractivity contribution in [3.8, 4) is 0 Å². The number of morpholine rings is 1. The second-order valence-corrected chi connectivity index (χ2v) is 4.35. The Morgan fingerprint density at radius 1 is 1.63 bits per heavy atom.